The highest BCUT2D eigenvalue weighted by Crippen LogP contribution is 2.13. The molecular weight excluding hydrogens is 307 g/mol. The number of piperazine rings is 1. The molecule has 2 heterocycles. The van der Waals surface area contributed by atoms with Gasteiger partial charge in [-0.2, -0.15) is 0 Å². The van der Waals surface area contributed by atoms with Crippen LogP contribution in [0, 0.1) is 5.82 Å². The van der Waals surface area contributed by atoms with Crippen molar-refractivity contribution in [3.05, 3.63) is 54.5 Å². The summed E-state index contributed by atoms with van der Waals surface area (Å²) >= 11 is 0. The molecule has 0 aliphatic carbocycles. The Balaban J connectivity index is 1.42. The fourth-order valence-electron chi connectivity index (χ4n) is 2.80. The number of hydrogen-bond acceptors (Lipinski definition) is 4. The standard InChI is InChI=1S/C18H21FN4O/c19-15-4-3-5-16(14-15)20-9-7-18(24)23-12-10-22(11-13-23)17-6-1-2-8-21-17/h1-6,8,14,20H,7,9-13H2. The van der Waals surface area contributed by atoms with Crippen molar-refractivity contribution < 1.29 is 9.18 Å². The molecule has 0 unspecified atom stereocenters. The van der Waals surface area contributed by atoms with E-state index in [4.69, 9.17) is 0 Å². The largest absolute Gasteiger partial charge is 0.384 e. The van der Waals surface area contributed by atoms with Crippen LogP contribution in [0.25, 0.3) is 0 Å². The lowest BCUT2D eigenvalue weighted by Gasteiger charge is -2.35. The van der Waals surface area contributed by atoms with E-state index in [0.717, 1.165) is 18.9 Å². The number of carbonyl (C=O) groups is 1. The molecule has 1 aliphatic heterocycles. The second-order valence-electron chi connectivity index (χ2n) is 5.74. The molecule has 1 aromatic heterocycles. The van der Waals surface area contributed by atoms with Crippen molar-refractivity contribution in [3.8, 4) is 0 Å². The molecule has 0 spiro atoms. The van der Waals surface area contributed by atoms with Crippen LogP contribution in [0.3, 0.4) is 0 Å². The van der Waals surface area contributed by atoms with Crippen LogP contribution < -0.4 is 10.2 Å². The summed E-state index contributed by atoms with van der Waals surface area (Å²) in [7, 11) is 0. The molecule has 0 bridgehead atoms. The zero-order chi connectivity index (χ0) is 16.8. The van der Waals surface area contributed by atoms with Gasteiger partial charge in [0.2, 0.25) is 5.91 Å². The van der Waals surface area contributed by atoms with Gasteiger partial charge in [0.15, 0.2) is 0 Å². The Morgan fingerprint density at radius 3 is 2.67 bits per heavy atom. The predicted molar refractivity (Wildman–Crippen MR) is 92.5 cm³/mol. The van der Waals surface area contributed by atoms with Crippen LogP contribution in [0.4, 0.5) is 15.9 Å². The number of aromatic nitrogens is 1. The highest BCUT2D eigenvalue weighted by molar-refractivity contribution is 5.77. The van der Waals surface area contributed by atoms with E-state index in [-0.39, 0.29) is 11.7 Å². The Hall–Kier alpha value is -2.63. The third kappa shape index (κ3) is 4.22. The number of hydrogen-bond donors (Lipinski definition) is 1. The fraction of sp³-hybridized carbons (Fsp3) is 0.333. The van der Waals surface area contributed by atoms with E-state index in [1.165, 1.54) is 12.1 Å². The molecule has 1 aromatic carbocycles. The summed E-state index contributed by atoms with van der Waals surface area (Å²) in [6.45, 7) is 3.49. The predicted octanol–water partition coefficient (Wildman–Crippen LogP) is 2.37. The molecule has 1 amide bonds. The molecular formula is C18H21FN4O. The highest BCUT2D eigenvalue weighted by atomic mass is 19.1. The molecule has 1 aliphatic rings. The van der Waals surface area contributed by atoms with Gasteiger partial charge in [-0.05, 0) is 30.3 Å². The van der Waals surface area contributed by atoms with Crippen molar-refractivity contribution in [3.63, 3.8) is 0 Å². The van der Waals surface area contributed by atoms with E-state index < -0.39 is 0 Å². The number of benzene rings is 1. The average Bonchev–Trinajstić information content (AvgIpc) is 2.63. The summed E-state index contributed by atoms with van der Waals surface area (Å²) in [5.74, 6) is 0.800. The first kappa shape index (κ1) is 16.2. The Morgan fingerprint density at radius 1 is 1.12 bits per heavy atom. The van der Waals surface area contributed by atoms with Crippen LogP contribution in [-0.4, -0.2) is 48.5 Å². The minimum atomic E-state index is -0.281. The van der Waals surface area contributed by atoms with E-state index in [1.54, 1.807) is 18.3 Å². The molecule has 126 valence electrons. The van der Waals surface area contributed by atoms with Crippen molar-refractivity contribution in [2.45, 2.75) is 6.42 Å². The van der Waals surface area contributed by atoms with Crippen LogP contribution in [-0.2, 0) is 4.79 Å². The summed E-state index contributed by atoms with van der Waals surface area (Å²) in [6.07, 6.45) is 2.19. The number of nitrogens with zero attached hydrogens (tertiary/aromatic N) is 3. The lowest BCUT2D eigenvalue weighted by molar-refractivity contribution is -0.131. The maximum atomic E-state index is 13.1. The van der Waals surface area contributed by atoms with Crippen molar-refractivity contribution in [1.29, 1.82) is 0 Å². The number of amides is 1. The molecule has 6 heteroatoms. The Kier molecular flexibility index (Phi) is 5.25. The number of nitrogens with one attached hydrogen (secondary N) is 1. The fourth-order valence-corrected chi connectivity index (χ4v) is 2.80. The summed E-state index contributed by atoms with van der Waals surface area (Å²) in [6, 6.07) is 12.1. The van der Waals surface area contributed by atoms with Crippen LogP contribution >= 0.6 is 0 Å². The maximum Gasteiger partial charge on any atom is 0.224 e. The lowest BCUT2D eigenvalue weighted by atomic mass is 10.2. The summed E-state index contributed by atoms with van der Waals surface area (Å²) < 4.78 is 13.1. The van der Waals surface area contributed by atoms with Gasteiger partial charge in [0.25, 0.3) is 0 Å². The molecule has 0 saturated carbocycles. The van der Waals surface area contributed by atoms with Gasteiger partial charge >= 0.3 is 0 Å². The molecule has 3 rings (SSSR count). The summed E-state index contributed by atoms with van der Waals surface area (Å²) in [4.78, 5) is 20.7. The normalized spacial score (nSPS) is 14.5. The summed E-state index contributed by atoms with van der Waals surface area (Å²) in [5, 5.41) is 3.08. The first-order chi connectivity index (χ1) is 11.7. The van der Waals surface area contributed by atoms with E-state index in [0.29, 0.717) is 31.7 Å². The Labute approximate surface area is 141 Å². The van der Waals surface area contributed by atoms with E-state index in [9.17, 15) is 9.18 Å². The van der Waals surface area contributed by atoms with Gasteiger partial charge in [-0.25, -0.2) is 9.37 Å². The zero-order valence-electron chi connectivity index (χ0n) is 13.5. The van der Waals surface area contributed by atoms with Crippen LogP contribution in [0.15, 0.2) is 48.7 Å². The third-order valence-electron chi connectivity index (χ3n) is 4.10. The maximum absolute atomic E-state index is 13.1. The van der Waals surface area contributed by atoms with Gasteiger partial charge in [-0.3, -0.25) is 4.79 Å². The number of halogens is 1. The minimum absolute atomic E-state index is 0.125. The lowest BCUT2D eigenvalue weighted by Crippen LogP contribution is -2.49. The molecule has 0 radical (unpaired) electrons. The number of carbonyl (C=O) groups excluding carboxylic acids is 1. The van der Waals surface area contributed by atoms with E-state index in [2.05, 4.69) is 15.2 Å². The first-order valence-electron chi connectivity index (χ1n) is 8.15. The van der Waals surface area contributed by atoms with Crippen molar-refractivity contribution in [1.82, 2.24) is 9.88 Å². The summed E-state index contributed by atoms with van der Waals surface area (Å²) in [5.41, 5.74) is 0.697. The Morgan fingerprint density at radius 2 is 1.96 bits per heavy atom. The third-order valence-corrected chi connectivity index (χ3v) is 4.10. The second-order valence-corrected chi connectivity index (χ2v) is 5.74. The second kappa shape index (κ2) is 7.77. The van der Waals surface area contributed by atoms with Gasteiger partial charge < -0.3 is 15.1 Å². The van der Waals surface area contributed by atoms with E-state index >= 15 is 0 Å². The SMILES string of the molecule is O=C(CCNc1cccc(F)c1)N1CCN(c2ccccn2)CC1. The topological polar surface area (TPSA) is 48.5 Å². The molecule has 5 nitrogen and oxygen atoms in total. The highest BCUT2D eigenvalue weighted by Gasteiger charge is 2.21. The van der Waals surface area contributed by atoms with Gasteiger partial charge in [-0.1, -0.05) is 12.1 Å². The van der Waals surface area contributed by atoms with Crippen molar-refractivity contribution in [2.75, 3.05) is 42.9 Å². The van der Waals surface area contributed by atoms with Crippen LogP contribution in [0.5, 0.6) is 0 Å². The number of pyridine rings is 1. The molecule has 1 saturated heterocycles. The first-order valence-corrected chi connectivity index (χ1v) is 8.15. The molecule has 1 fully saturated rings. The van der Waals surface area contributed by atoms with Gasteiger partial charge in [-0.15, -0.1) is 0 Å². The van der Waals surface area contributed by atoms with Crippen molar-refractivity contribution in [2.24, 2.45) is 0 Å². The van der Waals surface area contributed by atoms with Gasteiger partial charge in [0, 0.05) is 51.0 Å². The quantitative estimate of drug-likeness (QED) is 0.915. The van der Waals surface area contributed by atoms with Crippen molar-refractivity contribution >= 4 is 17.4 Å². The average molecular weight is 328 g/mol. The van der Waals surface area contributed by atoms with Gasteiger partial charge in [0.05, 0.1) is 0 Å². The van der Waals surface area contributed by atoms with E-state index in [1.807, 2.05) is 23.1 Å². The number of rotatable bonds is 5. The molecule has 0 atom stereocenters. The number of anilines is 2. The molecule has 2 aromatic rings. The smallest absolute Gasteiger partial charge is 0.224 e. The molecule has 1 N–H and O–H groups in total. The minimum Gasteiger partial charge on any atom is -0.384 e. The van der Waals surface area contributed by atoms with Gasteiger partial charge in [0.1, 0.15) is 11.6 Å². The Bertz CT molecular complexity index is 672. The molecule has 24 heavy (non-hydrogen) atoms. The van der Waals surface area contributed by atoms with Crippen LogP contribution in [0.2, 0.25) is 0 Å². The monoisotopic (exact) mass is 328 g/mol. The van der Waals surface area contributed by atoms with Crippen LogP contribution in [0.1, 0.15) is 6.42 Å². The zero-order valence-corrected chi connectivity index (χ0v) is 13.5.